The Morgan fingerprint density at radius 1 is 1.35 bits per heavy atom. The standard InChI is InChI=1S/C16H22N4/c1-12(2)20(9-7-16(17)18)11-13-5-6-15-14(10-13)4-3-8-19-15/h3-6,8,10,12H,7,9,11H2,1-2H3,(H3,17,18). The first-order chi connectivity index (χ1) is 9.56. The summed E-state index contributed by atoms with van der Waals surface area (Å²) in [5.41, 5.74) is 7.75. The Morgan fingerprint density at radius 3 is 2.85 bits per heavy atom. The van der Waals surface area contributed by atoms with E-state index < -0.39 is 0 Å². The molecule has 2 rings (SSSR count). The molecule has 0 saturated heterocycles. The van der Waals surface area contributed by atoms with Crippen molar-refractivity contribution in [3.63, 3.8) is 0 Å². The van der Waals surface area contributed by atoms with Crippen LogP contribution in [0.5, 0.6) is 0 Å². The highest BCUT2D eigenvalue weighted by Gasteiger charge is 2.10. The molecule has 0 saturated carbocycles. The molecule has 0 spiro atoms. The van der Waals surface area contributed by atoms with E-state index >= 15 is 0 Å². The maximum absolute atomic E-state index is 7.36. The number of aromatic nitrogens is 1. The fraction of sp³-hybridized carbons (Fsp3) is 0.375. The quantitative estimate of drug-likeness (QED) is 0.626. The highest BCUT2D eigenvalue weighted by Crippen LogP contribution is 2.16. The monoisotopic (exact) mass is 270 g/mol. The zero-order valence-corrected chi connectivity index (χ0v) is 12.1. The number of hydrogen-bond donors (Lipinski definition) is 2. The van der Waals surface area contributed by atoms with Gasteiger partial charge in [-0.3, -0.25) is 15.3 Å². The Labute approximate surface area is 120 Å². The van der Waals surface area contributed by atoms with E-state index in [0.717, 1.165) is 18.6 Å². The van der Waals surface area contributed by atoms with Crippen LogP contribution in [0.25, 0.3) is 10.9 Å². The summed E-state index contributed by atoms with van der Waals surface area (Å²) in [6.07, 6.45) is 2.43. The van der Waals surface area contributed by atoms with Gasteiger partial charge in [0.25, 0.3) is 0 Å². The molecule has 20 heavy (non-hydrogen) atoms. The zero-order chi connectivity index (χ0) is 14.5. The number of nitrogens with zero attached hydrogens (tertiary/aromatic N) is 2. The van der Waals surface area contributed by atoms with Crippen LogP contribution in [-0.4, -0.2) is 28.3 Å². The van der Waals surface area contributed by atoms with Crippen LogP contribution in [0.2, 0.25) is 0 Å². The third-order valence-corrected chi connectivity index (χ3v) is 3.45. The summed E-state index contributed by atoms with van der Waals surface area (Å²) in [5.74, 6) is 0.248. The first-order valence-corrected chi connectivity index (χ1v) is 6.97. The molecule has 0 atom stereocenters. The highest BCUT2D eigenvalue weighted by atomic mass is 15.1. The molecule has 4 nitrogen and oxygen atoms in total. The van der Waals surface area contributed by atoms with Crippen molar-refractivity contribution in [3.8, 4) is 0 Å². The molecule has 0 bridgehead atoms. The number of pyridine rings is 1. The summed E-state index contributed by atoms with van der Waals surface area (Å²) in [5, 5.41) is 8.53. The predicted octanol–water partition coefficient (Wildman–Crippen LogP) is 2.77. The van der Waals surface area contributed by atoms with E-state index in [9.17, 15) is 0 Å². The molecule has 1 aromatic carbocycles. The summed E-state index contributed by atoms with van der Waals surface area (Å²) in [7, 11) is 0. The molecule has 0 unspecified atom stereocenters. The fourth-order valence-corrected chi connectivity index (χ4v) is 2.24. The molecule has 3 N–H and O–H groups in total. The second-order valence-corrected chi connectivity index (χ2v) is 5.37. The van der Waals surface area contributed by atoms with Crippen LogP contribution in [0.4, 0.5) is 0 Å². The van der Waals surface area contributed by atoms with Gasteiger partial charge in [-0.2, -0.15) is 0 Å². The third kappa shape index (κ3) is 3.78. The van der Waals surface area contributed by atoms with Gasteiger partial charge in [0.05, 0.1) is 11.4 Å². The Balaban J connectivity index is 2.13. The van der Waals surface area contributed by atoms with Crippen molar-refractivity contribution in [2.75, 3.05) is 6.54 Å². The highest BCUT2D eigenvalue weighted by molar-refractivity contribution is 5.79. The van der Waals surface area contributed by atoms with Crippen molar-refractivity contribution in [2.45, 2.75) is 32.9 Å². The Hall–Kier alpha value is -1.94. The average molecular weight is 270 g/mol. The maximum Gasteiger partial charge on any atom is 0.0918 e. The Bertz CT molecular complexity index is 592. The molecule has 1 heterocycles. The summed E-state index contributed by atoms with van der Waals surface area (Å²) in [6, 6.07) is 10.8. The number of benzene rings is 1. The van der Waals surface area contributed by atoms with Gasteiger partial charge in [0, 0.05) is 37.1 Å². The van der Waals surface area contributed by atoms with Gasteiger partial charge < -0.3 is 5.73 Å². The SMILES string of the molecule is CC(C)N(CCC(=N)N)Cc1ccc2ncccc2c1. The minimum atomic E-state index is 0.248. The Kier molecular flexibility index (Phi) is 4.69. The number of hydrogen-bond acceptors (Lipinski definition) is 3. The molecule has 106 valence electrons. The summed E-state index contributed by atoms with van der Waals surface area (Å²) in [6.45, 7) is 6.03. The number of amidine groups is 1. The normalized spacial score (nSPS) is 11.4. The van der Waals surface area contributed by atoms with Gasteiger partial charge in [-0.25, -0.2) is 0 Å². The largest absolute Gasteiger partial charge is 0.388 e. The van der Waals surface area contributed by atoms with E-state index in [1.165, 1.54) is 10.9 Å². The second-order valence-electron chi connectivity index (χ2n) is 5.37. The molecule has 1 aromatic heterocycles. The summed E-state index contributed by atoms with van der Waals surface area (Å²) < 4.78 is 0. The molecule has 0 aliphatic carbocycles. The molecule has 0 aliphatic rings. The van der Waals surface area contributed by atoms with E-state index in [4.69, 9.17) is 11.1 Å². The summed E-state index contributed by atoms with van der Waals surface area (Å²) in [4.78, 5) is 6.67. The van der Waals surface area contributed by atoms with Gasteiger partial charge >= 0.3 is 0 Å². The van der Waals surface area contributed by atoms with Crippen molar-refractivity contribution in [1.82, 2.24) is 9.88 Å². The molecule has 4 heteroatoms. The van der Waals surface area contributed by atoms with Gasteiger partial charge in [0.1, 0.15) is 0 Å². The lowest BCUT2D eigenvalue weighted by Gasteiger charge is -2.26. The molecule has 0 aliphatic heterocycles. The Morgan fingerprint density at radius 2 is 2.15 bits per heavy atom. The van der Waals surface area contributed by atoms with Crippen molar-refractivity contribution >= 4 is 16.7 Å². The van der Waals surface area contributed by atoms with Gasteiger partial charge in [-0.1, -0.05) is 12.1 Å². The zero-order valence-electron chi connectivity index (χ0n) is 12.1. The topological polar surface area (TPSA) is 66.0 Å². The molecule has 2 aromatic rings. The first kappa shape index (κ1) is 14.5. The first-order valence-electron chi connectivity index (χ1n) is 6.97. The van der Waals surface area contributed by atoms with E-state index in [-0.39, 0.29) is 5.84 Å². The lowest BCUT2D eigenvalue weighted by Crippen LogP contribution is -2.33. The minimum Gasteiger partial charge on any atom is -0.388 e. The van der Waals surface area contributed by atoms with Crippen molar-refractivity contribution in [3.05, 3.63) is 42.1 Å². The summed E-state index contributed by atoms with van der Waals surface area (Å²) >= 11 is 0. The average Bonchev–Trinajstić information content (AvgIpc) is 2.42. The molecule has 0 amide bonds. The third-order valence-electron chi connectivity index (χ3n) is 3.45. The van der Waals surface area contributed by atoms with E-state index in [1.54, 1.807) is 0 Å². The van der Waals surface area contributed by atoms with Gasteiger partial charge in [-0.15, -0.1) is 0 Å². The van der Waals surface area contributed by atoms with E-state index in [2.05, 4.69) is 48.0 Å². The van der Waals surface area contributed by atoms with Crippen LogP contribution < -0.4 is 5.73 Å². The predicted molar refractivity (Wildman–Crippen MR) is 83.8 cm³/mol. The number of fused-ring (bicyclic) bond motifs is 1. The second kappa shape index (κ2) is 6.48. The lowest BCUT2D eigenvalue weighted by atomic mass is 10.1. The molecule has 0 fully saturated rings. The van der Waals surface area contributed by atoms with Crippen LogP contribution in [0, 0.1) is 5.41 Å². The van der Waals surface area contributed by atoms with E-state index in [0.29, 0.717) is 12.5 Å². The van der Waals surface area contributed by atoms with Crippen LogP contribution in [0.15, 0.2) is 36.5 Å². The van der Waals surface area contributed by atoms with Crippen LogP contribution in [-0.2, 0) is 6.54 Å². The van der Waals surface area contributed by atoms with Gasteiger partial charge in [0.2, 0.25) is 0 Å². The van der Waals surface area contributed by atoms with Crippen LogP contribution in [0.3, 0.4) is 0 Å². The molecular formula is C16H22N4. The molecular weight excluding hydrogens is 248 g/mol. The van der Waals surface area contributed by atoms with E-state index in [1.807, 2.05) is 12.3 Å². The minimum absolute atomic E-state index is 0.248. The molecule has 0 radical (unpaired) electrons. The van der Waals surface area contributed by atoms with Gasteiger partial charge in [0.15, 0.2) is 0 Å². The van der Waals surface area contributed by atoms with Crippen molar-refractivity contribution in [2.24, 2.45) is 5.73 Å². The number of rotatable bonds is 6. The number of nitrogens with one attached hydrogen (secondary N) is 1. The van der Waals surface area contributed by atoms with Crippen LogP contribution in [0.1, 0.15) is 25.8 Å². The fourth-order valence-electron chi connectivity index (χ4n) is 2.24. The lowest BCUT2D eigenvalue weighted by molar-refractivity contribution is 0.219. The number of nitrogens with two attached hydrogens (primary N) is 1. The maximum atomic E-state index is 7.36. The van der Waals surface area contributed by atoms with Gasteiger partial charge in [-0.05, 0) is 37.6 Å². The van der Waals surface area contributed by atoms with Crippen molar-refractivity contribution < 1.29 is 0 Å². The smallest absolute Gasteiger partial charge is 0.0918 e. The van der Waals surface area contributed by atoms with Crippen LogP contribution >= 0.6 is 0 Å². The van der Waals surface area contributed by atoms with Crippen molar-refractivity contribution in [1.29, 1.82) is 5.41 Å².